The molecular formula is C47H32N4. The molecule has 0 unspecified atom stereocenters. The lowest BCUT2D eigenvalue weighted by molar-refractivity contribution is 1.07. The van der Waals surface area contributed by atoms with E-state index in [1.165, 1.54) is 21.5 Å². The molecular weight excluding hydrogens is 621 g/mol. The monoisotopic (exact) mass is 652 g/mol. The van der Waals surface area contributed by atoms with E-state index < -0.39 is 0 Å². The van der Waals surface area contributed by atoms with Crippen molar-refractivity contribution in [1.29, 1.82) is 0 Å². The molecule has 0 radical (unpaired) electrons. The van der Waals surface area contributed by atoms with Gasteiger partial charge in [0, 0.05) is 28.6 Å². The van der Waals surface area contributed by atoms with E-state index in [9.17, 15) is 0 Å². The minimum Gasteiger partial charge on any atom is -0.262 e. The Hall–Kier alpha value is -6.78. The average molecular weight is 653 g/mol. The van der Waals surface area contributed by atoms with Crippen LogP contribution in [0.1, 0.15) is 5.69 Å². The SMILES string of the molecule is Cc1cc(-c2cccc(-c3cc(-c4nc(-c5ccccc5)nc(-c5ccccc5)n4)cc(-c4cc5ccccc5c5ccccc45)c3)c2)ccn1. The smallest absolute Gasteiger partial charge is 0.164 e. The Labute approximate surface area is 296 Å². The van der Waals surface area contributed by atoms with E-state index in [4.69, 9.17) is 15.0 Å². The molecule has 0 aliphatic rings. The summed E-state index contributed by atoms with van der Waals surface area (Å²) in [5.74, 6) is 1.90. The van der Waals surface area contributed by atoms with Gasteiger partial charge in [0.1, 0.15) is 0 Å². The Bertz CT molecular complexity index is 2640. The van der Waals surface area contributed by atoms with Crippen LogP contribution in [0.25, 0.3) is 89.1 Å². The first kappa shape index (κ1) is 30.3. The normalized spacial score (nSPS) is 11.2. The Morgan fingerprint density at radius 1 is 0.333 bits per heavy atom. The zero-order chi connectivity index (χ0) is 34.1. The quantitative estimate of drug-likeness (QED) is 0.168. The first-order chi connectivity index (χ1) is 25.2. The number of hydrogen-bond donors (Lipinski definition) is 0. The lowest BCUT2D eigenvalue weighted by Crippen LogP contribution is -2.00. The minimum atomic E-state index is 0.622. The van der Waals surface area contributed by atoms with Crippen molar-refractivity contribution in [1.82, 2.24) is 19.9 Å². The number of rotatable bonds is 6. The van der Waals surface area contributed by atoms with Crippen LogP contribution in [0.5, 0.6) is 0 Å². The number of nitrogens with zero attached hydrogens (tertiary/aromatic N) is 4. The molecule has 51 heavy (non-hydrogen) atoms. The summed E-state index contributed by atoms with van der Waals surface area (Å²) in [7, 11) is 0. The van der Waals surface area contributed by atoms with E-state index in [2.05, 4.69) is 114 Å². The van der Waals surface area contributed by atoms with E-state index >= 15 is 0 Å². The van der Waals surface area contributed by atoms with Gasteiger partial charge in [-0.25, -0.2) is 15.0 Å². The average Bonchev–Trinajstić information content (AvgIpc) is 3.21. The number of benzene rings is 7. The van der Waals surface area contributed by atoms with Crippen LogP contribution in [0.4, 0.5) is 0 Å². The largest absolute Gasteiger partial charge is 0.262 e. The molecule has 0 N–H and O–H groups in total. The third-order valence-corrected chi connectivity index (χ3v) is 9.40. The summed E-state index contributed by atoms with van der Waals surface area (Å²) in [6, 6.07) is 59.5. The van der Waals surface area contributed by atoms with Crippen LogP contribution in [-0.2, 0) is 0 Å². The zero-order valence-electron chi connectivity index (χ0n) is 28.0. The van der Waals surface area contributed by atoms with Crippen molar-refractivity contribution >= 4 is 21.5 Å². The number of aryl methyl sites for hydroxylation is 1. The van der Waals surface area contributed by atoms with Crippen LogP contribution in [0.15, 0.2) is 176 Å². The predicted octanol–water partition coefficient (Wildman–Crippen LogP) is 11.9. The second-order valence-corrected chi connectivity index (χ2v) is 12.8. The molecule has 240 valence electrons. The van der Waals surface area contributed by atoms with E-state index in [0.29, 0.717) is 17.5 Å². The highest BCUT2D eigenvalue weighted by atomic mass is 15.0. The van der Waals surface area contributed by atoms with E-state index in [-0.39, 0.29) is 0 Å². The summed E-state index contributed by atoms with van der Waals surface area (Å²) in [6.45, 7) is 2.03. The highest BCUT2D eigenvalue weighted by molar-refractivity contribution is 6.14. The van der Waals surface area contributed by atoms with Crippen LogP contribution in [0, 0.1) is 6.92 Å². The van der Waals surface area contributed by atoms with Crippen LogP contribution in [0.2, 0.25) is 0 Å². The van der Waals surface area contributed by atoms with Gasteiger partial charge in [-0.2, -0.15) is 0 Å². The number of fused-ring (bicyclic) bond motifs is 3. The van der Waals surface area contributed by atoms with E-state index in [1.54, 1.807) is 0 Å². The highest BCUT2D eigenvalue weighted by Crippen LogP contribution is 2.39. The van der Waals surface area contributed by atoms with Crippen LogP contribution < -0.4 is 0 Å². The summed E-state index contributed by atoms with van der Waals surface area (Å²) in [5, 5.41) is 4.87. The molecule has 4 heteroatoms. The maximum absolute atomic E-state index is 5.13. The molecule has 2 aromatic heterocycles. The van der Waals surface area contributed by atoms with E-state index in [1.807, 2.05) is 73.8 Å². The molecule has 7 aromatic carbocycles. The first-order valence-corrected chi connectivity index (χ1v) is 17.1. The van der Waals surface area contributed by atoms with Gasteiger partial charge in [0.15, 0.2) is 17.5 Å². The predicted molar refractivity (Wildman–Crippen MR) is 210 cm³/mol. The molecule has 2 heterocycles. The van der Waals surface area contributed by atoms with Crippen LogP contribution in [-0.4, -0.2) is 19.9 Å². The van der Waals surface area contributed by atoms with Crippen molar-refractivity contribution in [2.45, 2.75) is 6.92 Å². The van der Waals surface area contributed by atoms with Crippen LogP contribution in [0.3, 0.4) is 0 Å². The number of hydrogen-bond acceptors (Lipinski definition) is 4. The van der Waals surface area contributed by atoms with Gasteiger partial charge < -0.3 is 0 Å². The van der Waals surface area contributed by atoms with Gasteiger partial charge >= 0.3 is 0 Å². The molecule has 9 aromatic rings. The molecule has 0 aliphatic heterocycles. The summed E-state index contributed by atoms with van der Waals surface area (Å²) < 4.78 is 0. The fraction of sp³-hybridized carbons (Fsp3) is 0.0213. The van der Waals surface area contributed by atoms with Gasteiger partial charge in [0.25, 0.3) is 0 Å². The lowest BCUT2D eigenvalue weighted by atomic mass is 9.90. The van der Waals surface area contributed by atoms with Crippen molar-refractivity contribution in [3.8, 4) is 67.5 Å². The van der Waals surface area contributed by atoms with Gasteiger partial charge in [-0.15, -0.1) is 0 Å². The molecule has 0 aliphatic carbocycles. The van der Waals surface area contributed by atoms with Crippen LogP contribution >= 0.6 is 0 Å². The van der Waals surface area contributed by atoms with E-state index in [0.717, 1.165) is 55.8 Å². The maximum atomic E-state index is 5.13. The molecule has 0 saturated heterocycles. The van der Waals surface area contributed by atoms with Gasteiger partial charge in [-0.05, 0) is 104 Å². The Balaban J connectivity index is 1.31. The highest BCUT2D eigenvalue weighted by Gasteiger charge is 2.17. The fourth-order valence-corrected chi connectivity index (χ4v) is 6.91. The van der Waals surface area contributed by atoms with Gasteiger partial charge in [0.05, 0.1) is 0 Å². The Morgan fingerprint density at radius 3 is 1.51 bits per heavy atom. The van der Waals surface area contributed by atoms with Gasteiger partial charge in [0.2, 0.25) is 0 Å². The summed E-state index contributed by atoms with van der Waals surface area (Å²) >= 11 is 0. The Kier molecular flexibility index (Phi) is 7.67. The summed E-state index contributed by atoms with van der Waals surface area (Å²) in [5.41, 5.74) is 10.5. The van der Waals surface area contributed by atoms with Gasteiger partial charge in [-0.1, -0.05) is 127 Å². The standard InChI is InChI=1S/C47H32N4/c1-31-25-36(23-24-48-31)34-18-12-19-35(26-34)38-27-39(44-30-37-17-8-9-20-41(37)42-21-10-11-22-43(42)44)29-40(28-38)47-50-45(32-13-4-2-5-14-32)49-46(51-47)33-15-6-3-7-16-33/h2-30H,1H3. The molecule has 4 nitrogen and oxygen atoms in total. The summed E-state index contributed by atoms with van der Waals surface area (Å²) in [6.07, 6.45) is 1.87. The second kappa shape index (κ2) is 12.9. The molecule has 0 saturated carbocycles. The van der Waals surface area contributed by atoms with Crippen molar-refractivity contribution < 1.29 is 0 Å². The van der Waals surface area contributed by atoms with Crippen molar-refractivity contribution in [2.75, 3.05) is 0 Å². The number of pyridine rings is 1. The molecule has 9 rings (SSSR count). The molecule has 0 bridgehead atoms. The third-order valence-electron chi connectivity index (χ3n) is 9.40. The summed E-state index contributed by atoms with van der Waals surface area (Å²) in [4.78, 5) is 19.6. The Morgan fingerprint density at radius 2 is 0.824 bits per heavy atom. The topological polar surface area (TPSA) is 51.6 Å². The fourth-order valence-electron chi connectivity index (χ4n) is 6.91. The van der Waals surface area contributed by atoms with Crippen molar-refractivity contribution in [3.05, 3.63) is 182 Å². The maximum Gasteiger partial charge on any atom is 0.164 e. The molecule has 0 spiro atoms. The first-order valence-electron chi connectivity index (χ1n) is 17.1. The lowest BCUT2D eigenvalue weighted by Gasteiger charge is -2.15. The number of aromatic nitrogens is 4. The molecule has 0 amide bonds. The van der Waals surface area contributed by atoms with Crippen molar-refractivity contribution in [3.63, 3.8) is 0 Å². The third kappa shape index (κ3) is 5.94. The molecule has 0 atom stereocenters. The zero-order valence-corrected chi connectivity index (χ0v) is 28.0. The molecule has 0 fully saturated rings. The van der Waals surface area contributed by atoms with Crippen molar-refractivity contribution in [2.24, 2.45) is 0 Å². The second-order valence-electron chi connectivity index (χ2n) is 12.8. The van der Waals surface area contributed by atoms with Gasteiger partial charge in [-0.3, -0.25) is 4.98 Å². The minimum absolute atomic E-state index is 0.622.